The molecule has 1 aliphatic rings. The number of aliphatic carboxylic acids is 1. The van der Waals surface area contributed by atoms with Crippen molar-refractivity contribution in [3.05, 3.63) is 29.8 Å². The standard InChI is InChI=1S/C14H19NO4S/c1-10-5-7-13(8-6-10)20(18,19)15-12-4-2-3-11(9-12)14(16)17/h5-8,11-12,15H,2-4,9H2,1H3,(H,16,17)/p-1. The second-order valence-electron chi connectivity index (χ2n) is 5.31. The highest BCUT2D eigenvalue weighted by atomic mass is 32.2. The van der Waals surface area contributed by atoms with E-state index in [1.807, 2.05) is 6.92 Å². The van der Waals surface area contributed by atoms with Crippen LogP contribution in [0.2, 0.25) is 0 Å². The molecular formula is C14H18NO4S-. The molecule has 1 aromatic rings. The number of carboxylic acids is 1. The molecule has 1 fully saturated rings. The molecule has 2 atom stereocenters. The normalized spacial score (nSPS) is 23.4. The van der Waals surface area contributed by atoms with Crippen molar-refractivity contribution < 1.29 is 18.3 Å². The third-order valence-corrected chi connectivity index (χ3v) is 5.20. The molecule has 0 heterocycles. The molecule has 20 heavy (non-hydrogen) atoms. The van der Waals surface area contributed by atoms with E-state index in [2.05, 4.69) is 4.72 Å². The summed E-state index contributed by atoms with van der Waals surface area (Å²) in [6, 6.07) is 6.24. The van der Waals surface area contributed by atoms with Gasteiger partial charge in [-0.25, -0.2) is 13.1 Å². The zero-order valence-electron chi connectivity index (χ0n) is 11.3. The number of carbonyl (C=O) groups is 1. The van der Waals surface area contributed by atoms with Crippen molar-refractivity contribution in [2.75, 3.05) is 0 Å². The first-order valence-corrected chi connectivity index (χ1v) is 8.16. The maximum Gasteiger partial charge on any atom is 0.240 e. The highest BCUT2D eigenvalue weighted by Gasteiger charge is 2.26. The Labute approximate surface area is 119 Å². The van der Waals surface area contributed by atoms with Crippen molar-refractivity contribution in [3.63, 3.8) is 0 Å². The van der Waals surface area contributed by atoms with E-state index in [0.29, 0.717) is 25.7 Å². The molecule has 0 saturated heterocycles. The van der Waals surface area contributed by atoms with Gasteiger partial charge in [0, 0.05) is 17.9 Å². The summed E-state index contributed by atoms with van der Waals surface area (Å²) in [5.74, 6) is -1.65. The number of hydrogen-bond donors (Lipinski definition) is 1. The smallest absolute Gasteiger partial charge is 0.240 e. The van der Waals surface area contributed by atoms with E-state index in [9.17, 15) is 18.3 Å². The van der Waals surface area contributed by atoms with Gasteiger partial charge in [0.25, 0.3) is 0 Å². The van der Waals surface area contributed by atoms with Gasteiger partial charge in [-0.2, -0.15) is 0 Å². The number of carbonyl (C=O) groups excluding carboxylic acids is 1. The van der Waals surface area contributed by atoms with Crippen molar-refractivity contribution in [3.8, 4) is 0 Å². The molecule has 0 bridgehead atoms. The molecule has 1 aliphatic carbocycles. The van der Waals surface area contributed by atoms with E-state index in [1.165, 1.54) is 0 Å². The number of hydrogen-bond acceptors (Lipinski definition) is 4. The molecule has 2 rings (SSSR count). The van der Waals surface area contributed by atoms with Crippen LogP contribution in [0.5, 0.6) is 0 Å². The Bertz CT molecular complexity index is 580. The Kier molecular flexibility index (Phi) is 4.45. The van der Waals surface area contributed by atoms with E-state index in [-0.39, 0.29) is 10.9 Å². The fourth-order valence-electron chi connectivity index (χ4n) is 2.52. The monoisotopic (exact) mass is 296 g/mol. The highest BCUT2D eigenvalue weighted by molar-refractivity contribution is 7.89. The number of rotatable bonds is 4. The topological polar surface area (TPSA) is 86.3 Å². The van der Waals surface area contributed by atoms with Gasteiger partial charge >= 0.3 is 0 Å². The fraction of sp³-hybridized carbons (Fsp3) is 0.500. The number of carboxylic acid groups (broad SMARTS) is 1. The predicted molar refractivity (Wildman–Crippen MR) is 72.3 cm³/mol. The quantitative estimate of drug-likeness (QED) is 0.880. The largest absolute Gasteiger partial charge is 0.550 e. The van der Waals surface area contributed by atoms with Crippen LogP contribution in [0.15, 0.2) is 29.2 Å². The van der Waals surface area contributed by atoms with Gasteiger partial charge in [-0.3, -0.25) is 0 Å². The molecule has 0 spiro atoms. The number of sulfonamides is 1. The third-order valence-electron chi connectivity index (χ3n) is 3.66. The van der Waals surface area contributed by atoms with Crippen molar-refractivity contribution >= 4 is 16.0 Å². The molecule has 1 aromatic carbocycles. The van der Waals surface area contributed by atoms with Crippen LogP contribution in [-0.4, -0.2) is 20.4 Å². The van der Waals surface area contributed by atoms with Gasteiger partial charge in [0.2, 0.25) is 10.0 Å². The Morgan fingerprint density at radius 2 is 1.90 bits per heavy atom. The molecule has 0 aliphatic heterocycles. The summed E-state index contributed by atoms with van der Waals surface area (Å²) in [7, 11) is -3.59. The maximum atomic E-state index is 12.2. The predicted octanol–water partition coefficient (Wildman–Crippen LogP) is 0.582. The number of benzene rings is 1. The van der Waals surface area contributed by atoms with Crippen LogP contribution in [0, 0.1) is 12.8 Å². The summed E-state index contributed by atoms with van der Waals surface area (Å²) >= 11 is 0. The van der Waals surface area contributed by atoms with Gasteiger partial charge in [0.1, 0.15) is 0 Å². The molecule has 0 radical (unpaired) electrons. The lowest BCUT2D eigenvalue weighted by atomic mass is 9.86. The molecule has 0 aromatic heterocycles. The molecule has 110 valence electrons. The summed E-state index contributed by atoms with van der Waals surface area (Å²) in [5, 5.41) is 10.9. The molecule has 5 nitrogen and oxygen atoms in total. The average Bonchev–Trinajstić information content (AvgIpc) is 2.39. The van der Waals surface area contributed by atoms with Gasteiger partial charge in [-0.1, -0.05) is 24.1 Å². The van der Waals surface area contributed by atoms with E-state index in [0.717, 1.165) is 5.56 Å². The van der Waals surface area contributed by atoms with Gasteiger partial charge in [0.15, 0.2) is 0 Å². The van der Waals surface area contributed by atoms with Crippen molar-refractivity contribution in [1.29, 1.82) is 0 Å². The van der Waals surface area contributed by atoms with Crippen LogP contribution >= 0.6 is 0 Å². The van der Waals surface area contributed by atoms with Gasteiger partial charge in [-0.05, 0) is 38.3 Å². The zero-order chi connectivity index (χ0) is 14.8. The van der Waals surface area contributed by atoms with Crippen LogP contribution in [0.4, 0.5) is 0 Å². The first-order valence-electron chi connectivity index (χ1n) is 6.68. The van der Waals surface area contributed by atoms with E-state index in [4.69, 9.17) is 0 Å². The van der Waals surface area contributed by atoms with Crippen LogP contribution in [0.25, 0.3) is 0 Å². The Balaban J connectivity index is 2.08. The van der Waals surface area contributed by atoms with E-state index >= 15 is 0 Å². The fourth-order valence-corrected chi connectivity index (χ4v) is 3.80. The summed E-state index contributed by atoms with van der Waals surface area (Å²) in [5.41, 5.74) is 0.985. The minimum Gasteiger partial charge on any atom is -0.550 e. The number of aryl methyl sites for hydroxylation is 1. The first-order chi connectivity index (χ1) is 9.38. The lowest BCUT2D eigenvalue weighted by Gasteiger charge is -2.30. The molecule has 2 unspecified atom stereocenters. The summed E-state index contributed by atoms with van der Waals surface area (Å²) in [6.45, 7) is 1.88. The van der Waals surface area contributed by atoms with Crippen LogP contribution in [0.1, 0.15) is 31.2 Å². The van der Waals surface area contributed by atoms with Crippen molar-refractivity contribution in [1.82, 2.24) is 4.72 Å². The number of nitrogens with one attached hydrogen (secondary N) is 1. The van der Waals surface area contributed by atoms with Gasteiger partial charge in [-0.15, -0.1) is 0 Å². The highest BCUT2D eigenvalue weighted by Crippen LogP contribution is 2.25. The van der Waals surface area contributed by atoms with Crippen molar-refractivity contribution in [2.24, 2.45) is 5.92 Å². The van der Waals surface area contributed by atoms with Crippen LogP contribution in [0.3, 0.4) is 0 Å². The lowest BCUT2D eigenvalue weighted by Crippen LogP contribution is -2.42. The summed E-state index contributed by atoms with van der Waals surface area (Å²) < 4.78 is 27.0. The molecule has 0 amide bonds. The maximum absolute atomic E-state index is 12.2. The second kappa shape index (κ2) is 5.93. The minimum absolute atomic E-state index is 0.207. The van der Waals surface area contributed by atoms with E-state index in [1.54, 1.807) is 24.3 Å². The SMILES string of the molecule is Cc1ccc(S(=O)(=O)NC2CCCC(C(=O)[O-])C2)cc1. The minimum atomic E-state index is -3.59. The Morgan fingerprint density at radius 3 is 2.50 bits per heavy atom. The first kappa shape index (κ1) is 15.0. The second-order valence-corrected chi connectivity index (χ2v) is 7.03. The molecule has 1 saturated carbocycles. The third kappa shape index (κ3) is 3.58. The van der Waals surface area contributed by atoms with Crippen molar-refractivity contribution in [2.45, 2.75) is 43.5 Å². The van der Waals surface area contributed by atoms with Crippen LogP contribution in [-0.2, 0) is 14.8 Å². The molecule has 1 N–H and O–H groups in total. The van der Waals surface area contributed by atoms with Crippen LogP contribution < -0.4 is 9.83 Å². The molecule has 6 heteroatoms. The molecular weight excluding hydrogens is 278 g/mol. The average molecular weight is 296 g/mol. The van der Waals surface area contributed by atoms with Gasteiger partial charge in [0.05, 0.1) is 4.90 Å². The van der Waals surface area contributed by atoms with Gasteiger partial charge < -0.3 is 9.90 Å². The Morgan fingerprint density at radius 1 is 1.25 bits per heavy atom. The summed E-state index contributed by atoms with van der Waals surface area (Å²) in [4.78, 5) is 11.1. The van der Waals surface area contributed by atoms with E-state index < -0.39 is 21.9 Å². The lowest BCUT2D eigenvalue weighted by molar-refractivity contribution is -0.312. The Hall–Kier alpha value is -1.40. The summed E-state index contributed by atoms with van der Waals surface area (Å²) in [6.07, 6.45) is 2.22. The zero-order valence-corrected chi connectivity index (χ0v) is 12.2.